The standard InChI is InChI=1S/C17H21NO6/c1-10(2)6-14(19)23-12-8-21-16-13(9-22-15(12)16)24-17(20)11-4-3-5-18-7-11/h3-5,7,10,12-13,15-16H,6,8-9H2,1-2H3/t12-,13+,15+,16+/m0/s1. The topological polar surface area (TPSA) is 84.0 Å². The number of hydrogen-bond donors (Lipinski definition) is 0. The van der Waals surface area contributed by atoms with Crippen molar-refractivity contribution in [1.29, 1.82) is 0 Å². The molecule has 1 aromatic rings. The summed E-state index contributed by atoms with van der Waals surface area (Å²) in [6.07, 6.45) is 1.60. The first kappa shape index (κ1) is 16.9. The number of nitrogens with zero attached hydrogens (tertiary/aromatic N) is 1. The third-order valence-corrected chi connectivity index (χ3v) is 3.98. The van der Waals surface area contributed by atoms with Crippen molar-refractivity contribution in [2.24, 2.45) is 5.92 Å². The summed E-state index contributed by atoms with van der Waals surface area (Å²) in [5.74, 6) is -0.506. The van der Waals surface area contributed by atoms with E-state index in [-0.39, 0.29) is 25.1 Å². The van der Waals surface area contributed by atoms with Gasteiger partial charge in [0.25, 0.3) is 0 Å². The van der Waals surface area contributed by atoms with Crippen LogP contribution in [0.1, 0.15) is 30.6 Å². The molecular formula is C17H21NO6. The van der Waals surface area contributed by atoms with Crippen molar-refractivity contribution in [2.75, 3.05) is 13.2 Å². The zero-order valence-electron chi connectivity index (χ0n) is 13.7. The van der Waals surface area contributed by atoms with E-state index in [9.17, 15) is 9.59 Å². The zero-order valence-corrected chi connectivity index (χ0v) is 13.7. The number of carbonyl (C=O) groups excluding carboxylic acids is 2. The maximum absolute atomic E-state index is 12.1. The van der Waals surface area contributed by atoms with Crippen LogP contribution >= 0.6 is 0 Å². The zero-order chi connectivity index (χ0) is 17.1. The van der Waals surface area contributed by atoms with Gasteiger partial charge in [-0.25, -0.2) is 4.79 Å². The van der Waals surface area contributed by atoms with Gasteiger partial charge < -0.3 is 18.9 Å². The number of carbonyl (C=O) groups is 2. The fourth-order valence-corrected chi connectivity index (χ4v) is 2.87. The summed E-state index contributed by atoms with van der Waals surface area (Å²) in [5, 5.41) is 0. The minimum absolute atomic E-state index is 0.222. The van der Waals surface area contributed by atoms with Gasteiger partial charge in [0.15, 0.2) is 12.2 Å². The molecule has 1 aromatic heterocycles. The molecule has 0 aromatic carbocycles. The van der Waals surface area contributed by atoms with Crippen molar-refractivity contribution in [2.45, 2.75) is 44.7 Å². The van der Waals surface area contributed by atoms with E-state index in [0.29, 0.717) is 12.0 Å². The van der Waals surface area contributed by atoms with E-state index in [4.69, 9.17) is 18.9 Å². The van der Waals surface area contributed by atoms with Gasteiger partial charge in [0.1, 0.15) is 12.2 Å². The number of rotatable bonds is 5. The van der Waals surface area contributed by atoms with Crippen LogP contribution in [0.5, 0.6) is 0 Å². The Morgan fingerprint density at radius 1 is 1.21 bits per heavy atom. The van der Waals surface area contributed by atoms with Crippen LogP contribution in [0, 0.1) is 5.92 Å². The highest BCUT2D eigenvalue weighted by atomic mass is 16.7. The Kier molecular flexibility index (Phi) is 5.11. The van der Waals surface area contributed by atoms with Crippen molar-refractivity contribution in [3.63, 3.8) is 0 Å². The molecule has 0 unspecified atom stereocenters. The van der Waals surface area contributed by atoms with Crippen LogP contribution in [0.4, 0.5) is 0 Å². The molecule has 130 valence electrons. The van der Waals surface area contributed by atoms with E-state index in [1.54, 1.807) is 18.3 Å². The van der Waals surface area contributed by atoms with Crippen molar-refractivity contribution < 1.29 is 28.5 Å². The van der Waals surface area contributed by atoms with Gasteiger partial charge in [0, 0.05) is 18.8 Å². The molecule has 0 radical (unpaired) electrons. The number of fused-ring (bicyclic) bond motifs is 1. The summed E-state index contributed by atoms with van der Waals surface area (Å²) in [4.78, 5) is 27.8. The van der Waals surface area contributed by atoms with Crippen LogP contribution in [0.25, 0.3) is 0 Å². The summed E-state index contributed by atoms with van der Waals surface area (Å²) >= 11 is 0. The second kappa shape index (κ2) is 7.27. The molecule has 0 bridgehead atoms. The molecule has 2 aliphatic heterocycles. The highest BCUT2D eigenvalue weighted by Crippen LogP contribution is 2.31. The second-order valence-electron chi connectivity index (χ2n) is 6.41. The smallest absolute Gasteiger partial charge is 0.340 e. The van der Waals surface area contributed by atoms with Crippen molar-refractivity contribution in [1.82, 2.24) is 4.98 Å². The van der Waals surface area contributed by atoms with Gasteiger partial charge in [-0.15, -0.1) is 0 Å². The van der Waals surface area contributed by atoms with Crippen molar-refractivity contribution in [3.8, 4) is 0 Å². The quantitative estimate of drug-likeness (QED) is 0.751. The van der Waals surface area contributed by atoms with Crippen LogP contribution in [0.2, 0.25) is 0 Å². The molecule has 0 aliphatic carbocycles. The van der Waals surface area contributed by atoms with Crippen LogP contribution in [-0.4, -0.2) is 54.6 Å². The van der Waals surface area contributed by atoms with Gasteiger partial charge >= 0.3 is 11.9 Å². The minimum Gasteiger partial charge on any atom is -0.457 e. The molecule has 2 fully saturated rings. The summed E-state index contributed by atoms with van der Waals surface area (Å²) < 4.78 is 22.2. The van der Waals surface area contributed by atoms with Gasteiger partial charge in [-0.05, 0) is 18.1 Å². The molecule has 2 aliphatic rings. The van der Waals surface area contributed by atoms with Crippen molar-refractivity contribution >= 4 is 11.9 Å². The number of ether oxygens (including phenoxy) is 4. The molecule has 4 atom stereocenters. The Hall–Kier alpha value is -1.99. The predicted molar refractivity (Wildman–Crippen MR) is 82.3 cm³/mol. The maximum atomic E-state index is 12.1. The van der Waals surface area contributed by atoms with Gasteiger partial charge in [-0.1, -0.05) is 13.8 Å². The molecular weight excluding hydrogens is 314 g/mol. The highest BCUT2D eigenvalue weighted by Gasteiger charge is 2.51. The second-order valence-corrected chi connectivity index (χ2v) is 6.41. The lowest BCUT2D eigenvalue weighted by Gasteiger charge is -2.17. The number of esters is 2. The van der Waals surface area contributed by atoms with E-state index in [0.717, 1.165) is 0 Å². The predicted octanol–water partition coefficient (Wildman–Crippen LogP) is 1.36. The third kappa shape index (κ3) is 3.73. The molecule has 3 heterocycles. The van der Waals surface area contributed by atoms with E-state index in [2.05, 4.69) is 4.98 Å². The largest absolute Gasteiger partial charge is 0.457 e. The molecule has 0 N–H and O–H groups in total. The lowest BCUT2D eigenvalue weighted by atomic mass is 10.1. The van der Waals surface area contributed by atoms with Gasteiger partial charge in [-0.3, -0.25) is 9.78 Å². The average molecular weight is 335 g/mol. The number of hydrogen-bond acceptors (Lipinski definition) is 7. The Bertz CT molecular complexity index is 590. The summed E-state index contributed by atoms with van der Waals surface area (Å²) in [5.41, 5.74) is 0.374. The summed E-state index contributed by atoms with van der Waals surface area (Å²) in [7, 11) is 0. The van der Waals surface area contributed by atoms with Crippen LogP contribution < -0.4 is 0 Å². The Morgan fingerprint density at radius 2 is 1.88 bits per heavy atom. The lowest BCUT2D eigenvalue weighted by molar-refractivity contribution is -0.154. The lowest BCUT2D eigenvalue weighted by Crippen LogP contribution is -2.36. The molecule has 24 heavy (non-hydrogen) atoms. The normalized spacial score (nSPS) is 28.6. The van der Waals surface area contributed by atoms with E-state index in [1.807, 2.05) is 13.8 Å². The fourth-order valence-electron chi connectivity index (χ4n) is 2.87. The minimum atomic E-state index is -0.517. The summed E-state index contributed by atoms with van der Waals surface area (Å²) in [6, 6.07) is 3.30. The van der Waals surface area contributed by atoms with Gasteiger partial charge in [0.2, 0.25) is 0 Å². The maximum Gasteiger partial charge on any atom is 0.340 e. The molecule has 2 saturated heterocycles. The molecule has 7 nitrogen and oxygen atoms in total. The number of aromatic nitrogens is 1. The summed E-state index contributed by atoms with van der Waals surface area (Å²) in [6.45, 7) is 4.38. The molecule has 3 rings (SSSR count). The first-order valence-electron chi connectivity index (χ1n) is 8.08. The molecule has 0 saturated carbocycles. The van der Waals surface area contributed by atoms with Gasteiger partial charge in [-0.2, -0.15) is 0 Å². The Balaban J connectivity index is 1.55. The van der Waals surface area contributed by atoms with E-state index < -0.39 is 30.4 Å². The fraction of sp³-hybridized carbons (Fsp3) is 0.588. The molecule has 0 amide bonds. The average Bonchev–Trinajstić information content (AvgIpc) is 3.11. The van der Waals surface area contributed by atoms with E-state index in [1.165, 1.54) is 6.20 Å². The van der Waals surface area contributed by atoms with Crippen LogP contribution in [0.15, 0.2) is 24.5 Å². The van der Waals surface area contributed by atoms with E-state index >= 15 is 0 Å². The first-order chi connectivity index (χ1) is 11.5. The first-order valence-corrected chi connectivity index (χ1v) is 8.08. The van der Waals surface area contributed by atoms with Crippen LogP contribution in [-0.2, 0) is 23.7 Å². The SMILES string of the molecule is CC(C)CC(=O)O[C@H]1CO[C@H]2[C@@H]1OC[C@H]2OC(=O)c1cccnc1. The molecule has 0 spiro atoms. The Labute approximate surface area is 140 Å². The Morgan fingerprint density at radius 3 is 2.46 bits per heavy atom. The highest BCUT2D eigenvalue weighted by molar-refractivity contribution is 5.89. The molecule has 7 heteroatoms. The number of pyridine rings is 1. The monoisotopic (exact) mass is 335 g/mol. The van der Waals surface area contributed by atoms with Crippen molar-refractivity contribution in [3.05, 3.63) is 30.1 Å². The van der Waals surface area contributed by atoms with Crippen LogP contribution in [0.3, 0.4) is 0 Å². The van der Waals surface area contributed by atoms with Gasteiger partial charge in [0.05, 0.1) is 18.8 Å². The third-order valence-electron chi connectivity index (χ3n) is 3.98.